The first-order valence-electron chi connectivity index (χ1n) is 13.3. The molecule has 0 bridgehead atoms. The summed E-state index contributed by atoms with van der Waals surface area (Å²) in [6.45, 7) is 8.92. The van der Waals surface area contributed by atoms with E-state index in [0.717, 1.165) is 60.8 Å². The summed E-state index contributed by atoms with van der Waals surface area (Å²) < 4.78 is 25.7. The number of aryl methyl sites for hydroxylation is 2. The minimum absolute atomic E-state index is 0.0109. The number of hydrogen-bond donors (Lipinski definition) is 0. The van der Waals surface area contributed by atoms with E-state index in [2.05, 4.69) is 4.90 Å². The zero-order chi connectivity index (χ0) is 26.9. The standard InChI is InChI=1S/C27H44N4O5S/c1-21-17-24(35-5)18-22(2)27(21)37(34)28(3)15-16-36-20-26(33)29(4)23-9-8-13-31(19-23)25(32)10-14-30-11-6-7-12-30/h17-18,23H,6-16,19-20H2,1-5H3. The maximum Gasteiger partial charge on any atom is 0.248 e. The molecule has 2 saturated heterocycles. The van der Waals surface area contributed by atoms with Gasteiger partial charge >= 0.3 is 0 Å². The van der Waals surface area contributed by atoms with Gasteiger partial charge in [0.2, 0.25) is 11.8 Å². The van der Waals surface area contributed by atoms with Crippen LogP contribution in [0.15, 0.2) is 17.0 Å². The number of ether oxygens (including phenoxy) is 2. The number of carbonyl (C=O) groups is 2. The lowest BCUT2D eigenvalue weighted by Crippen LogP contribution is -2.51. The Morgan fingerprint density at radius 3 is 2.41 bits per heavy atom. The van der Waals surface area contributed by atoms with Crippen molar-refractivity contribution in [3.05, 3.63) is 23.3 Å². The summed E-state index contributed by atoms with van der Waals surface area (Å²) in [5, 5.41) is 0. The van der Waals surface area contributed by atoms with Gasteiger partial charge in [0.05, 0.1) is 18.6 Å². The summed E-state index contributed by atoms with van der Waals surface area (Å²) in [5.41, 5.74) is 1.83. The molecule has 208 valence electrons. The van der Waals surface area contributed by atoms with Gasteiger partial charge in [-0.2, -0.15) is 0 Å². The highest BCUT2D eigenvalue weighted by molar-refractivity contribution is 7.82. The Morgan fingerprint density at radius 1 is 1.08 bits per heavy atom. The van der Waals surface area contributed by atoms with E-state index in [1.54, 1.807) is 30.4 Å². The molecular weight excluding hydrogens is 492 g/mol. The molecule has 2 fully saturated rings. The minimum Gasteiger partial charge on any atom is -0.497 e. The van der Waals surface area contributed by atoms with Crippen LogP contribution in [0.5, 0.6) is 5.75 Å². The number of likely N-dealkylation sites (N-methyl/N-ethyl adjacent to an activating group) is 2. The Morgan fingerprint density at radius 2 is 1.76 bits per heavy atom. The van der Waals surface area contributed by atoms with Crippen LogP contribution in [0.25, 0.3) is 0 Å². The van der Waals surface area contributed by atoms with Crippen LogP contribution in [0.4, 0.5) is 0 Å². The first-order chi connectivity index (χ1) is 17.7. The fourth-order valence-electron chi connectivity index (χ4n) is 5.12. The summed E-state index contributed by atoms with van der Waals surface area (Å²) in [4.78, 5) is 32.3. The molecule has 0 spiro atoms. The molecule has 10 heteroatoms. The number of amides is 2. The highest BCUT2D eigenvalue weighted by atomic mass is 32.2. The van der Waals surface area contributed by atoms with Gasteiger partial charge in [0.1, 0.15) is 23.3 Å². The maximum atomic E-state index is 13.1. The molecule has 0 N–H and O–H groups in total. The van der Waals surface area contributed by atoms with Crippen LogP contribution in [-0.4, -0.2) is 115 Å². The highest BCUT2D eigenvalue weighted by Crippen LogP contribution is 2.25. The van der Waals surface area contributed by atoms with Crippen LogP contribution in [0.1, 0.15) is 43.2 Å². The van der Waals surface area contributed by atoms with Crippen molar-refractivity contribution in [3.63, 3.8) is 0 Å². The average molecular weight is 537 g/mol. The second-order valence-electron chi connectivity index (χ2n) is 10.2. The van der Waals surface area contributed by atoms with E-state index in [0.29, 0.717) is 26.1 Å². The number of carbonyl (C=O) groups excluding carboxylic acids is 2. The molecule has 2 amide bonds. The molecule has 2 aliphatic heterocycles. The van der Waals surface area contributed by atoms with Gasteiger partial charge in [0.25, 0.3) is 0 Å². The molecule has 2 heterocycles. The van der Waals surface area contributed by atoms with Gasteiger partial charge in [-0.05, 0) is 75.9 Å². The number of piperidine rings is 1. The van der Waals surface area contributed by atoms with Crippen LogP contribution in [0.3, 0.4) is 0 Å². The number of methoxy groups -OCH3 is 1. The van der Waals surface area contributed by atoms with Crippen molar-refractivity contribution in [2.45, 2.75) is 56.9 Å². The first-order valence-corrected chi connectivity index (χ1v) is 14.4. The molecule has 2 unspecified atom stereocenters. The quantitative estimate of drug-likeness (QED) is 0.381. The second-order valence-corrected chi connectivity index (χ2v) is 11.7. The van der Waals surface area contributed by atoms with Gasteiger partial charge in [0.15, 0.2) is 0 Å². The van der Waals surface area contributed by atoms with Crippen molar-refractivity contribution < 1.29 is 23.3 Å². The largest absolute Gasteiger partial charge is 0.497 e. The third-order valence-corrected chi connectivity index (χ3v) is 9.18. The monoisotopic (exact) mass is 536 g/mol. The Bertz CT molecular complexity index is 930. The number of hydrogen-bond acceptors (Lipinski definition) is 6. The zero-order valence-electron chi connectivity index (χ0n) is 23.2. The topological polar surface area (TPSA) is 82.6 Å². The normalized spacial score (nSPS) is 19.3. The van der Waals surface area contributed by atoms with Gasteiger partial charge < -0.3 is 24.2 Å². The number of rotatable bonds is 12. The Kier molecular flexibility index (Phi) is 11.4. The van der Waals surface area contributed by atoms with Crippen molar-refractivity contribution in [1.29, 1.82) is 0 Å². The molecule has 3 rings (SSSR count). The molecular formula is C27H44N4O5S. The van der Waals surface area contributed by atoms with Crippen LogP contribution in [-0.2, 0) is 25.3 Å². The number of nitrogens with zero attached hydrogens (tertiary/aromatic N) is 4. The lowest BCUT2D eigenvalue weighted by atomic mass is 10.0. The molecule has 2 aliphatic rings. The predicted octanol–water partition coefficient (Wildman–Crippen LogP) is 2.22. The SMILES string of the molecule is COc1cc(C)c(S(=O)N(C)CCOCC(=O)N(C)C2CCCN(C(=O)CCN3CCCC3)C2)c(C)c1. The van der Waals surface area contributed by atoms with Crippen molar-refractivity contribution >= 4 is 22.8 Å². The van der Waals surface area contributed by atoms with E-state index >= 15 is 0 Å². The Hall–Kier alpha value is -2.01. The minimum atomic E-state index is -1.34. The molecule has 0 saturated carbocycles. The summed E-state index contributed by atoms with van der Waals surface area (Å²) in [6.07, 6.45) is 4.80. The van der Waals surface area contributed by atoms with Gasteiger partial charge in [-0.25, -0.2) is 8.51 Å². The second kappa shape index (κ2) is 14.2. The molecule has 1 aromatic carbocycles. The summed E-state index contributed by atoms with van der Waals surface area (Å²) in [5.74, 6) is 0.839. The van der Waals surface area contributed by atoms with E-state index in [4.69, 9.17) is 9.47 Å². The van der Waals surface area contributed by atoms with E-state index in [9.17, 15) is 13.8 Å². The van der Waals surface area contributed by atoms with Crippen LogP contribution < -0.4 is 4.74 Å². The maximum absolute atomic E-state index is 13.1. The summed E-state index contributed by atoms with van der Waals surface area (Å²) in [6, 6.07) is 3.77. The summed E-state index contributed by atoms with van der Waals surface area (Å²) >= 11 is 0. The van der Waals surface area contributed by atoms with Gasteiger partial charge in [-0.3, -0.25) is 9.59 Å². The fourth-order valence-corrected chi connectivity index (χ4v) is 6.34. The van der Waals surface area contributed by atoms with Gasteiger partial charge in [-0.15, -0.1) is 0 Å². The predicted molar refractivity (Wildman–Crippen MR) is 145 cm³/mol. The van der Waals surface area contributed by atoms with E-state index in [1.807, 2.05) is 30.9 Å². The van der Waals surface area contributed by atoms with Crippen molar-refractivity contribution in [3.8, 4) is 5.75 Å². The number of likely N-dealkylation sites (tertiary alicyclic amines) is 2. The third kappa shape index (κ3) is 8.24. The van der Waals surface area contributed by atoms with Crippen molar-refractivity contribution in [2.75, 3.05) is 73.7 Å². The smallest absolute Gasteiger partial charge is 0.248 e. The lowest BCUT2D eigenvalue weighted by molar-refractivity contribution is -0.141. The van der Waals surface area contributed by atoms with E-state index in [-0.39, 0.29) is 24.5 Å². The molecule has 0 aromatic heterocycles. The molecule has 0 aliphatic carbocycles. The molecule has 37 heavy (non-hydrogen) atoms. The van der Waals surface area contributed by atoms with Crippen LogP contribution in [0.2, 0.25) is 0 Å². The van der Waals surface area contributed by atoms with Crippen LogP contribution >= 0.6 is 0 Å². The Balaban J connectivity index is 1.40. The van der Waals surface area contributed by atoms with E-state index < -0.39 is 11.0 Å². The highest BCUT2D eigenvalue weighted by Gasteiger charge is 2.29. The van der Waals surface area contributed by atoms with Crippen molar-refractivity contribution in [1.82, 2.24) is 19.0 Å². The molecule has 0 radical (unpaired) electrons. The molecule has 2 atom stereocenters. The molecule has 1 aromatic rings. The first kappa shape index (κ1) is 29.5. The summed E-state index contributed by atoms with van der Waals surface area (Å²) in [7, 11) is 3.86. The van der Waals surface area contributed by atoms with Gasteiger partial charge in [0, 0.05) is 52.7 Å². The molecule has 9 nitrogen and oxygen atoms in total. The van der Waals surface area contributed by atoms with Crippen molar-refractivity contribution in [2.24, 2.45) is 0 Å². The van der Waals surface area contributed by atoms with Crippen LogP contribution in [0, 0.1) is 13.8 Å². The Labute approximate surface area is 224 Å². The van der Waals surface area contributed by atoms with E-state index in [1.165, 1.54) is 12.8 Å². The lowest BCUT2D eigenvalue weighted by Gasteiger charge is -2.38. The third-order valence-electron chi connectivity index (χ3n) is 7.43. The average Bonchev–Trinajstić information content (AvgIpc) is 3.42. The number of benzene rings is 1. The fraction of sp³-hybridized carbons (Fsp3) is 0.704. The van der Waals surface area contributed by atoms with Gasteiger partial charge in [-0.1, -0.05) is 0 Å². The zero-order valence-corrected chi connectivity index (χ0v) is 24.0.